The van der Waals surface area contributed by atoms with Gasteiger partial charge in [0.05, 0.1) is 6.42 Å². The van der Waals surface area contributed by atoms with Gasteiger partial charge < -0.3 is 0 Å². The molecule has 62 valence electrons. The van der Waals surface area contributed by atoms with Crippen molar-refractivity contribution in [3.8, 4) is 0 Å². The highest BCUT2D eigenvalue weighted by Crippen LogP contribution is 2.10. The zero-order valence-electron chi connectivity index (χ0n) is 6.86. The van der Waals surface area contributed by atoms with Crippen molar-refractivity contribution in [3.05, 3.63) is 49.4 Å². The fourth-order valence-corrected chi connectivity index (χ4v) is 0.970. The molecule has 0 saturated carbocycles. The fourth-order valence-electron chi connectivity index (χ4n) is 0.970. The van der Waals surface area contributed by atoms with Crippen molar-refractivity contribution in [2.45, 2.75) is 6.42 Å². The van der Waals surface area contributed by atoms with Crippen LogP contribution >= 0.6 is 0 Å². The van der Waals surface area contributed by atoms with Crippen LogP contribution in [0.4, 0.5) is 0 Å². The van der Waals surface area contributed by atoms with E-state index in [1.807, 2.05) is 12.2 Å². The van der Waals surface area contributed by atoms with E-state index in [0.29, 0.717) is 6.42 Å². The van der Waals surface area contributed by atoms with Crippen LogP contribution in [0.5, 0.6) is 0 Å². The number of amides is 1. The third kappa shape index (κ3) is 1.72. The van der Waals surface area contributed by atoms with Gasteiger partial charge in [-0.25, -0.2) is 0 Å². The van der Waals surface area contributed by atoms with Crippen LogP contribution in [0.3, 0.4) is 0 Å². The lowest BCUT2D eigenvalue weighted by molar-refractivity contribution is -0.125. The molecular formula is C10H11NO. The Kier molecular flexibility index (Phi) is 2.64. The van der Waals surface area contributed by atoms with Crippen LogP contribution in [0.15, 0.2) is 49.4 Å². The lowest BCUT2D eigenvalue weighted by Gasteiger charge is -2.10. The van der Waals surface area contributed by atoms with E-state index in [-0.39, 0.29) is 5.91 Å². The van der Waals surface area contributed by atoms with Crippen LogP contribution in [-0.4, -0.2) is 10.8 Å². The van der Waals surface area contributed by atoms with Gasteiger partial charge in [0.1, 0.15) is 0 Å². The smallest absolute Gasteiger partial charge is 0.234 e. The van der Waals surface area contributed by atoms with E-state index >= 15 is 0 Å². The molecule has 0 atom stereocenters. The maximum absolute atomic E-state index is 11.3. The summed E-state index contributed by atoms with van der Waals surface area (Å²) in [5.74, 6) is 0.0184. The predicted octanol–water partition coefficient (Wildman–Crippen LogP) is 1.99. The highest BCUT2D eigenvalue weighted by atomic mass is 16.2. The summed E-state index contributed by atoms with van der Waals surface area (Å²) in [6.07, 6.45) is 8.94. The average Bonchev–Trinajstić information content (AvgIpc) is 2.26. The molecule has 0 bridgehead atoms. The zero-order chi connectivity index (χ0) is 8.97. The monoisotopic (exact) mass is 161 g/mol. The van der Waals surface area contributed by atoms with Gasteiger partial charge >= 0.3 is 0 Å². The topological polar surface area (TPSA) is 20.3 Å². The molecule has 0 aromatic rings. The van der Waals surface area contributed by atoms with Gasteiger partial charge in [-0.1, -0.05) is 25.3 Å². The molecule has 0 aromatic heterocycles. The number of hydrogen-bond donors (Lipinski definition) is 0. The van der Waals surface area contributed by atoms with E-state index in [1.165, 1.54) is 11.1 Å². The summed E-state index contributed by atoms with van der Waals surface area (Å²) in [4.78, 5) is 12.8. The van der Waals surface area contributed by atoms with Gasteiger partial charge in [-0.15, -0.1) is 0 Å². The molecule has 12 heavy (non-hydrogen) atoms. The van der Waals surface area contributed by atoms with Gasteiger partial charge in [-0.05, 0) is 11.6 Å². The quantitative estimate of drug-likeness (QED) is 0.606. The van der Waals surface area contributed by atoms with E-state index < -0.39 is 0 Å². The number of allylic oxidation sites excluding steroid dienone is 3. The number of carbonyl (C=O) groups is 1. The van der Waals surface area contributed by atoms with E-state index in [9.17, 15) is 4.79 Å². The van der Waals surface area contributed by atoms with Crippen LogP contribution in [0.2, 0.25) is 0 Å². The Labute approximate surface area is 72.2 Å². The first-order valence-corrected chi connectivity index (χ1v) is 3.71. The molecular weight excluding hydrogens is 150 g/mol. The van der Waals surface area contributed by atoms with E-state index in [4.69, 9.17) is 0 Å². The second kappa shape index (κ2) is 3.72. The molecule has 0 N–H and O–H groups in total. The van der Waals surface area contributed by atoms with Crippen molar-refractivity contribution in [3.63, 3.8) is 0 Å². The van der Waals surface area contributed by atoms with E-state index in [2.05, 4.69) is 13.2 Å². The standard InChI is InChI=1S/C10H11NO/c1-3-9-6-5-7-11(4-2)10(12)8-9/h3-7H,1-2,8H2. The van der Waals surface area contributed by atoms with Crippen molar-refractivity contribution in [1.29, 1.82) is 0 Å². The maximum Gasteiger partial charge on any atom is 0.234 e. The van der Waals surface area contributed by atoms with Crippen molar-refractivity contribution < 1.29 is 4.79 Å². The second-order valence-corrected chi connectivity index (χ2v) is 2.45. The molecule has 0 fully saturated rings. The van der Waals surface area contributed by atoms with Gasteiger partial charge in [0, 0.05) is 12.4 Å². The lowest BCUT2D eigenvalue weighted by atomic mass is 10.2. The van der Waals surface area contributed by atoms with Crippen molar-refractivity contribution in [2.24, 2.45) is 0 Å². The van der Waals surface area contributed by atoms with Crippen molar-refractivity contribution in [2.75, 3.05) is 0 Å². The molecule has 0 saturated heterocycles. The number of nitrogens with zero attached hydrogens (tertiary/aromatic N) is 1. The van der Waals surface area contributed by atoms with Crippen LogP contribution in [-0.2, 0) is 4.79 Å². The Morgan fingerprint density at radius 2 is 2.25 bits per heavy atom. The average molecular weight is 161 g/mol. The molecule has 2 nitrogen and oxygen atoms in total. The minimum atomic E-state index is 0.0184. The third-order valence-corrected chi connectivity index (χ3v) is 1.66. The summed E-state index contributed by atoms with van der Waals surface area (Å²) in [5.41, 5.74) is 0.931. The van der Waals surface area contributed by atoms with Gasteiger partial charge in [0.15, 0.2) is 0 Å². The van der Waals surface area contributed by atoms with E-state index in [1.54, 1.807) is 12.3 Å². The molecule has 0 radical (unpaired) electrons. The summed E-state index contributed by atoms with van der Waals surface area (Å²) in [7, 11) is 0. The zero-order valence-corrected chi connectivity index (χ0v) is 6.86. The lowest BCUT2D eigenvalue weighted by Crippen LogP contribution is -2.18. The first kappa shape index (κ1) is 8.53. The largest absolute Gasteiger partial charge is 0.295 e. The summed E-state index contributed by atoms with van der Waals surface area (Å²) in [6.45, 7) is 7.14. The highest BCUT2D eigenvalue weighted by molar-refractivity contribution is 5.82. The van der Waals surface area contributed by atoms with Crippen LogP contribution in [0.25, 0.3) is 0 Å². The molecule has 0 spiro atoms. The van der Waals surface area contributed by atoms with Gasteiger partial charge in [0.2, 0.25) is 5.91 Å². The van der Waals surface area contributed by atoms with Gasteiger partial charge in [-0.3, -0.25) is 9.69 Å². The molecule has 2 heteroatoms. The van der Waals surface area contributed by atoms with Crippen LogP contribution < -0.4 is 0 Å². The minimum Gasteiger partial charge on any atom is -0.295 e. The molecule has 1 rings (SSSR count). The minimum absolute atomic E-state index is 0.0184. The molecule has 1 aliphatic heterocycles. The Morgan fingerprint density at radius 1 is 1.50 bits per heavy atom. The summed E-state index contributed by atoms with van der Waals surface area (Å²) in [6, 6.07) is 0. The van der Waals surface area contributed by atoms with Crippen LogP contribution in [0.1, 0.15) is 6.42 Å². The molecule has 1 amide bonds. The predicted molar refractivity (Wildman–Crippen MR) is 49.1 cm³/mol. The third-order valence-electron chi connectivity index (χ3n) is 1.66. The van der Waals surface area contributed by atoms with Gasteiger partial charge in [-0.2, -0.15) is 0 Å². The van der Waals surface area contributed by atoms with Crippen LogP contribution in [0, 0.1) is 0 Å². The molecule has 0 aromatic carbocycles. The van der Waals surface area contributed by atoms with E-state index in [0.717, 1.165) is 5.57 Å². The Bertz CT molecular complexity index is 274. The Balaban J connectivity index is 2.83. The number of carbonyl (C=O) groups excluding carboxylic acids is 1. The SMILES string of the molecule is C=CC1=CC=CN(C=C)C(=O)C1. The summed E-state index contributed by atoms with van der Waals surface area (Å²) >= 11 is 0. The normalized spacial score (nSPS) is 16.8. The molecule has 1 heterocycles. The molecule has 0 aliphatic carbocycles. The number of hydrogen-bond acceptors (Lipinski definition) is 1. The first-order chi connectivity index (χ1) is 5.77. The summed E-state index contributed by atoms with van der Waals surface area (Å²) < 4.78 is 0. The Morgan fingerprint density at radius 3 is 2.83 bits per heavy atom. The van der Waals surface area contributed by atoms with Crippen molar-refractivity contribution in [1.82, 2.24) is 4.90 Å². The Hall–Kier alpha value is -1.57. The maximum atomic E-state index is 11.3. The second-order valence-electron chi connectivity index (χ2n) is 2.45. The highest BCUT2D eigenvalue weighted by Gasteiger charge is 2.10. The fraction of sp³-hybridized carbons (Fsp3) is 0.100. The molecule has 0 unspecified atom stereocenters. The first-order valence-electron chi connectivity index (χ1n) is 3.71. The van der Waals surface area contributed by atoms with Gasteiger partial charge in [0.25, 0.3) is 0 Å². The molecule has 1 aliphatic rings. The number of rotatable bonds is 2. The van der Waals surface area contributed by atoms with Crippen molar-refractivity contribution >= 4 is 5.91 Å². The summed E-state index contributed by atoms with van der Waals surface area (Å²) in [5, 5.41) is 0.